The van der Waals surface area contributed by atoms with E-state index >= 15 is 0 Å². The van der Waals surface area contributed by atoms with Gasteiger partial charge in [0.15, 0.2) is 6.10 Å². The van der Waals surface area contributed by atoms with Crippen molar-refractivity contribution in [2.75, 3.05) is 16.8 Å². The Morgan fingerprint density at radius 1 is 1.03 bits per heavy atom. The van der Waals surface area contributed by atoms with Gasteiger partial charge in [0.1, 0.15) is 10.8 Å². The molecular weight excluding hydrogens is 410 g/mol. The third kappa shape index (κ3) is 3.75. The van der Waals surface area contributed by atoms with E-state index in [1.165, 1.54) is 6.92 Å². The Labute approximate surface area is 183 Å². The van der Waals surface area contributed by atoms with Gasteiger partial charge in [-0.3, -0.25) is 9.59 Å². The molecule has 2 heterocycles. The number of hydrogen-bond acceptors (Lipinski definition) is 5. The Morgan fingerprint density at radius 3 is 2.55 bits per heavy atom. The van der Waals surface area contributed by atoms with Crippen molar-refractivity contribution in [2.24, 2.45) is 0 Å². The second kappa shape index (κ2) is 7.85. The quantitative estimate of drug-likeness (QED) is 0.512. The first-order valence-electron chi connectivity index (χ1n) is 9.89. The number of amides is 2. The largest absolute Gasteiger partial charge is 0.476 e. The Kier molecular flexibility index (Phi) is 4.88. The van der Waals surface area contributed by atoms with E-state index in [9.17, 15) is 9.59 Å². The van der Waals surface area contributed by atoms with Gasteiger partial charge >= 0.3 is 0 Å². The van der Waals surface area contributed by atoms with Crippen LogP contribution in [-0.2, 0) is 9.59 Å². The SMILES string of the molecule is CC(=O)N1C[C@H](C(=O)Nc2ccc(-c3nc4ccccc4s3)cc2)Oc2ccccc21. The van der Waals surface area contributed by atoms with Gasteiger partial charge in [0.05, 0.1) is 22.4 Å². The van der Waals surface area contributed by atoms with Crippen LogP contribution in [0.5, 0.6) is 5.75 Å². The van der Waals surface area contributed by atoms with Crippen LogP contribution in [0.3, 0.4) is 0 Å². The van der Waals surface area contributed by atoms with E-state index in [2.05, 4.69) is 16.4 Å². The molecule has 1 aliphatic rings. The fraction of sp³-hybridized carbons (Fsp3) is 0.125. The van der Waals surface area contributed by atoms with E-state index in [0.717, 1.165) is 20.8 Å². The van der Waals surface area contributed by atoms with E-state index < -0.39 is 6.10 Å². The molecule has 154 valence electrons. The van der Waals surface area contributed by atoms with Gasteiger partial charge in [-0.25, -0.2) is 4.98 Å². The summed E-state index contributed by atoms with van der Waals surface area (Å²) in [4.78, 5) is 31.1. The molecule has 31 heavy (non-hydrogen) atoms. The maximum Gasteiger partial charge on any atom is 0.267 e. The normalized spacial score (nSPS) is 15.3. The number of rotatable bonds is 3. The van der Waals surface area contributed by atoms with Crippen LogP contribution in [0.25, 0.3) is 20.8 Å². The van der Waals surface area contributed by atoms with Gasteiger partial charge in [0, 0.05) is 18.2 Å². The number of nitrogens with zero attached hydrogens (tertiary/aromatic N) is 2. The van der Waals surface area contributed by atoms with Crippen molar-refractivity contribution in [3.05, 3.63) is 72.8 Å². The molecule has 0 saturated carbocycles. The predicted molar refractivity (Wildman–Crippen MR) is 123 cm³/mol. The standard InChI is InChI=1S/C24H19N3O3S/c1-15(28)27-14-21(30-20-8-4-3-7-19(20)27)23(29)25-17-12-10-16(11-13-17)24-26-18-6-2-5-9-22(18)31-24/h2-13,21H,14H2,1H3,(H,25,29)/t21-/m1/s1. The first-order valence-corrected chi connectivity index (χ1v) is 10.7. The zero-order valence-corrected chi connectivity index (χ0v) is 17.6. The molecule has 0 saturated heterocycles. The Morgan fingerprint density at radius 2 is 1.77 bits per heavy atom. The van der Waals surface area contributed by atoms with Gasteiger partial charge < -0.3 is 15.0 Å². The lowest BCUT2D eigenvalue weighted by Gasteiger charge is -2.33. The number of thiazole rings is 1. The summed E-state index contributed by atoms with van der Waals surface area (Å²) in [5.41, 5.74) is 3.31. The van der Waals surface area contributed by atoms with Crippen molar-refractivity contribution >= 4 is 44.7 Å². The van der Waals surface area contributed by atoms with Crippen molar-refractivity contribution in [1.29, 1.82) is 0 Å². The number of nitrogens with one attached hydrogen (secondary N) is 1. The van der Waals surface area contributed by atoms with Crippen LogP contribution >= 0.6 is 11.3 Å². The molecule has 0 unspecified atom stereocenters. The minimum absolute atomic E-state index is 0.131. The van der Waals surface area contributed by atoms with Crippen LogP contribution in [0.4, 0.5) is 11.4 Å². The molecule has 1 N–H and O–H groups in total. The monoisotopic (exact) mass is 429 g/mol. The maximum atomic E-state index is 12.8. The van der Waals surface area contributed by atoms with Crippen LogP contribution in [0, 0.1) is 0 Å². The highest BCUT2D eigenvalue weighted by Crippen LogP contribution is 2.34. The summed E-state index contributed by atoms with van der Waals surface area (Å²) in [7, 11) is 0. The summed E-state index contributed by atoms with van der Waals surface area (Å²) >= 11 is 1.63. The zero-order chi connectivity index (χ0) is 21.4. The van der Waals surface area contributed by atoms with E-state index in [0.29, 0.717) is 17.1 Å². The number of hydrogen-bond donors (Lipinski definition) is 1. The average molecular weight is 430 g/mol. The second-order valence-electron chi connectivity index (χ2n) is 7.26. The highest BCUT2D eigenvalue weighted by molar-refractivity contribution is 7.21. The molecule has 4 aromatic rings. The van der Waals surface area contributed by atoms with Gasteiger partial charge in [-0.1, -0.05) is 24.3 Å². The van der Waals surface area contributed by atoms with Gasteiger partial charge in [-0.05, 0) is 48.5 Å². The van der Waals surface area contributed by atoms with Crippen LogP contribution in [0.2, 0.25) is 0 Å². The Hall–Kier alpha value is -3.71. The summed E-state index contributed by atoms with van der Waals surface area (Å²) in [5, 5.41) is 3.82. The molecule has 1 aromatic heterocycles. The minimum Gasteiger partial charge on any atom is -0.476 e. The van der Waals surface area contributed by atoms with Crippen LogP contribution in [-0.4, -0.2) is 29.4 Å². The number of carbonyl (C=O) groups is 2. The summed E-state index contributed by atoms with van der Waals surface area (Å²) < 4.78 is 7.00. The molecule has 0 radical (unpaired) electrons. The molecule has 6 nitrogen and oxygen atoms in total. The fourth-order valence-corrected chi connectivity index (χ4v) is 4.55. The van der Waals surface area contributed by atoms with Gasteiger partial charge in [-0.15, -0.1) is 11.3 Å². The number of ether oxygens (including phenoxy) is 1. The van der Waals surface area contributed by atoms with Gasteiger partial charge in [-0.2, -0.15) is 0 Å². The molecular formula is C24H19N3O3S. The van der Waals surface area contributed by atoms with Crippen molar-refractivity contribution in [3.63, 3.8) is 0 Å². The number of carbonyl (C=O) groups excluding carboxylic acids is 2. The average Bonchev–Trinajstić information content (AvgIpc) is 3.23. The molecule has 2 amide bonds. The molecule has 5 rings (SSSR count). The summed E-state index contributed by atoms with van der Waals surface area (Å²) in [5.74, 6) is 0.0949. The topological polar surface area (TPSA) is 71.5 Å². The lowest BCUT2D eigenvalue weighted by atomic mass is 10.1. The summed E-state index contributed by atoms with van der Waals surface area (Å²) in [6, 6.07) is 22.8. The highest BCUT2D eigenvalue weighted by atomic mass is 32.1. The van der Waals surface area contributed by atoms with Crippen LogP contribution in [0.1, 0.15) is 6.92 Å². The highest BCUT2D eigenvalue weighted by Gasteiger charge is 2.32. The fourth-order valence-electron chi connectivity index (χ4n) is 3.58. The smallest absolute Gasteiger partial charge is 0.267 e. The third-order valence-electron chi connectivity index (χ3n) is 5.14. The first kappa shape index (κ1) is 19.3. The molecule has 0 spiro atoms. The van der Waals surface area contributed by atoms with E-state index in [1.54, 1.807) is 22.3 Å². The molecule has 3 aromatic carbocycles. The van der Waals surface area contributed by atoms with Crippen molar-refractivity contribution < 1.29 is 14.3 Å². The second-order valence-corrected chi connectivity index (χ2v) is 8.29. The third-order valence-corrected chi connectivity index (χ3v) is 6.22. The number of anilines is 2. The minimum atomic E-state index is -0.789. The maximum absolute atomic E-state index is 12.8. The van der Waals surface area contributed by atoms with Crippen LogP contribution < -0.4 is 15.0 Å². The van der Waals surface area contributed by atoms with Crippen molar-refractivity contribution in [1.82, 2.24) is 4.98 Å². The summed E-state index contributed by atoms with van der Waals surface area (Å²) in [6.07, 6.45) is -0.789. The number of benzene rings is 3. The number of para-hydroxylation sites is 3. The number of fused-ring (bicyclic) bond motifs is 2. The van der Waals surface area contributed by atoms with Gasteiger partial charge in [0.2, 0.25) is 5.91 Å². The first-order chi connectivity index (χ1) is 15.1. The molecule has 0 bridgehead atoms. The van der Waals surface area contributed by atoms with E-state index in [-0.39, 0.29) is 18.4 Å². The lowest BCUT2D eigenvalue weighted by Crippen LogP contribution is -2.48. The Balaban J connectivity index is 1.32. The van der Waals surface area contributed by atoms with E-state index in [1.807, 2.05) is 60.7 Å². The lowest BCUT2D eigenvalue weighted by molar-refractivity contribution is -0.123. The molecule has 0 fully saturated rings. The summed E-state index contributed by atoms with van der Waals surface area (Å²) in [6.45, 7) is 1.65. The van der Waals surface area contributed by atoms with E-state index in [4.69, 9.17) is 4.74 Å². The van der Waals surface area contributed by atoms with Crippen molar-refractivity contribution in [3.8, 4) is 16.3 Å². The molecule has 0 aliphatic carbocycles. The predicted octanol–water partition coefficient (Wildman–Crippen LogP) is 4.72. The molecule has 1 atom stereocenters. The molecule has 1 aliphatic heterocycles. The van der Waals surface area contributed by atoms with Crippen molar-refractivity contribution in [2.45, 2.75) is 13.0 Å². The van der Waals surface area contributed by atoms with Crippen LogP contribution in [0.15, 0.2) is 72.8 Å². The Bertz CT molecular complexity index is 1250. The molecule has 7 heteroatoms. The zero-order valence-electron chi connectivity index (χ0n) is 16.7. The van der Waals surface area contributed by atoms with Gasteiger partial charge in [0.25, 0.3) is 5.91 Å². The number of aromatic nitrogens is 1.